The van der Waals surface area contributed by atoms with E-state index in [9.17, 15) is 0 Å². The van der Waals surface area contributed by atoms with Gasteiger partial charge in [0.1, 0.15) is 12.6 Å². The molecular formula is C10H22N+. The molecule has 1 saturated heterocycles. The molecule has 0 N–H and O–H groups in total. The van der Waals surface area contributed by atoms with Gasteiger partial charge in [0.25, 0.3) is 0 Å². The van der Waals surface area contributed by atoms with Crippen molar-refractivity contribution in [3.63, 3.8) is 0 Å². The Morgan fingerprint density at radius 3 is 2.27 bits per heavy atom. The van der Waals surface area contributed by atoms with Crippen LogP contribution in [0.4, 0.5) is 0 Å². The standard InChI is InChI=1S/C10H22N/c1-5-6-11(7-9(2)3)8-10(11)4/h9-10H,5-8H2,1-4H3/q+1. The average Bonchev–Trinajstić information content (AvgIpc) is 2.40. The molecule has 1 aliphatic rings. The maximum absolute atomic E-state index is 2.39. The Morgan fingerprint density at radius 2 is 2.00 bits per heavy atom. The lowest BCUT2D eigenvalue weighted by molar-refractivity contribution is -0.816. The normalized spacial score (nSPS) is 36.3. The van der Waals surface area contributed by atoms with E-state index in [4.69, 9.17) is 0 Å². The Labute approximate surface area is 71.0 Å². The third kappa shape index (κ3) is 1.96. The fourth-order valence-electron chi connectivity index (χ4n) is 2.31. The molecule has 0 saturated carbocycles. The van der Waals surface area contributed by atoms with Crippen LogP contribution in [0.3, 0.4) is 0 Å². The van der Waals surface area contributed by atoms with E-state index in [-0.39, 0.29) is 0 Å². The number of hydrogen-bond donors (Lipinski definition) is 0. The number of rotatable bonds is 4. The van der Waals surface area contributed by atoms with Crippen LogP contribution in [0.25, 0.3) is 0 Å². The Balaban J connectivity index is 2.37. The number of hydrogen-bond acceptors (Lipinski definition) is 0. The first-order valence-corrected chi connectivity index (χ1v) is 4.96. The van der Waals surface area contributed by atoms with Crippen LogP contribution in [0.2, 0.25) is 0 Å². The smallest absolute Gasteiger partial charge is 0.136 e. The zero-order valence-electron chi connectivity index (χ0n) is 8.43. The van der Waals surface area contributed by atoms with Gasteiger partial charge in [-0.25, -0.2) is 0 Å². The minimum atomic E-state index is 0.867. The van der Waals surface area contributed by atoms with Crippen molar-refractivity contribution in [2.45, 2.75) is 40.2 Å². The Kier molecular flexibility index (Phi) is 2.58. The van der Waals surface area contributed by atoms with Crippen molar-refractivity contribution in [3.05, 3.63) is 0 Å². The lowest BCUT2D eigenvalue weighted by atomic mass is 10.2. The van der Waals surface area contributed by atoms with Crippen molar-refractivity contribution in [1.82, 2.24) is 0 Å². The summed E-state index contributed by atoms with van der Waals surface area (Å²) in [4.78, 5) is 0. The molecule has 0 spiro atoms. The van der Waals surface area contributed by atoms with Crippen molar-refractivity contribution in [2.24, 2.45) is 5.92 Å². The van der Waals surface area contributed by atoms with Crippen molar-refractivity contribution in [1.29, 1.82) is 0 Å². The van der Waals surface area contributed by atoms with Crippen LogP contribution in [0.15, 0.2) is 0 Å². The van der Waals surface area contributed by atoms with E-state index in [1.54, 1.807) is 0 Å². The molecule has 2 atom stereocenters. The highest BCUT2D eigenvalue weighted by Gasteiger charge is 2.50. The van der Waals surface area contributed by atoms with Gasteiger partial charge in [0.05, 0.1) is 13.1 Å². The first-order chi connectivity index (χ1) is 5.10. The molecule has 1 rings (SSSR count). The molecule has 1 heterocycles. The van der Waals surface area contributed by atoms with Crippen LogP contribution < -0.4 is 0 Å². The second kappa shape index (κ2) is 3.14. The lowest BCUT2D eigenvalue weighted by Gasteiger charge is -2.21. The summed E-state index contributed by atoms with van der Waals surface area (Å²) >= 11 is 0. The lowest BCUT2D eigenvalue weighted by Crippen LogP contribution is -2.33. The van der Waals surface area contributed by atoms with Gasteiger partial charge in [-0.15, -0.1) is 0 Å². The second-order valence-electron chi connectivity index (χ2n) is 4.55. The van der Waals surface area contributed by atoms with Crippen LogP contribution in [0.5, 0.6) is 0 Å². The maximum atomic E-state index is 2.39. The highest BCUT2D eigenvalue weighted by atomic mass is 15.5. The summed E-state index contributed by atoms with van der Waals surface area (Å²) in [6, 6.07) is 0.956. The molecule has 1 heteroatoms. The first-order valence-electron chi connectivity index (χ1n) is 4.96. The van der Waals surface area contributed by atoms with E-state index in [0.29, 0.717) is 0 Å². The largest absolute Gasteiger partial charge is 0.312 e. The molecule has 2 unspecified atom stereocenters. The van der Waals surface area contributed by atoms with E-state index in [2.05, 4.69) is 27.7 Å². The molecule has 1 nitrogen and oxygen atoms in total. The zero-order valence-corrected chi connectivity index (χ0v) is 8.43. The molecule has 1 fully saturated rings. The van der Waals surface area contributed by atoms with Gasteiger partial charge in [-0.3, -0.25) is 0 Å². The van der Waals surface area contributed by atoms with Gasteiger partial charge in [0, 0.05) is 5.92 Å². The molecule has 0 radical (unpaired) electrons. The molecule has 0 aliphatic carbocycles. The van der Waals surface area contributed by atoms with Gasteiger partial charge < -0.3 is 4.48 Å². The quantitative estimate of drug-likeness (QED) is 0.433. The third-order valence-corrected chi connectivity index (χ3v) is 2.83. The van der Waals surface area contributed by atoms with Crippen LogP contribution in [0, 0.1) is 5.92 Å². The predicted octanol–water partition coefficient (Wildman–Crippen LogP) is 2.27. The summed E-state index contributed by atoms with van der Waals surface area (Å²) in [6.07, 6.45) is 1.34. The van der Waals surface area contributed by atoms with Crippen molar-refractivity contribution in [2.75, 3.05) is 19.6 Å². The molecule has 11 heavy (non-hydrogen) atoms. The summed E-state index contributed by atoms with van der Waals surface area (Å²) in [6.45, 7) is 13.6. The highest BCUT2D eigenvalue weighted by molar-refractivity contribution is 4.69. The highest BCUT2D eigenvalue weighted by Crippen LogP contribution is 2.32. The Bertz CT molecular complexity index is 131. The molecule has 0 aromatic heterocycles. The SMILES string of the molecule is CCC[N+]1(CC(C)C)CC1C. The molecule has 0 amide bonds. The van der Waals surface area contributed by atoms with E-state index in [1.807, 2.05) is 0 Å². The summed E-state index contributed by atoms with van der Waals surface area (Å²) in [5, 5.41) is 0. The third-order valence-electron chi connectivity index (χ3n) is 2.83. The van der Waals surface area contributed by atoms with Crippen LogP contribution in [-0.2, 0) is 0 Å². The van der Waals surface area contributed by atoms with E-state index in [0.717, 1.165) is 12.0 Å². The molecule has 66 valence electrons. The predicted molar refractivity (Wildman–Crippen MR) is 49.5 cm³/mol. The van der Waals surface area contributed by atoms with E-state index >= 15 is 0 Å². The minimum absolute atomic E-state index is 0.867. The number of quaternary nitrogens is 1. The van der Waals surface area contributed by atoms with E-state index < -0.39 is 0 Å². The molecular weight excluding hydrogens is 134 g/mol. The number of nitrogens with zero attached hydrogens (tertiary/aromatic N) is 1. The van der Waals surface area contributed by atoms with Gasteiger partial charge in [-0.1, -0.05) is 20.8 Å². The Morgan fingerprint density at radius 1 is 1.45 bits per heavy atom. The fraction of sp³-hybridized carbons (Fsp3) is 1.00. The summed E-state index contributed by atoms with van der Waals surface area (Å²) in [7, 11) is 0. The Hall–Kier alpha value is -0.0400. The van der Waals surface area contributed by atoms with Crippen LogP contribution >= 0.6 is 0 Å². The van der Waals surface area contributed by atoms with Crippen LogP contribution in [0.1, 0.15) is 34.1 Å². The van der Waals surface area contributed by atoms with Crippen LogP contribution in [-0.4, -0.2) is 30.2 Å². The summed E-state index contributed by atoms with van der Waals surface area (Å²) in [5.74, 6) is 0.867. The fourth-order valence-corrected chi connectivity index (χ4v) is 2.31. The zero-order chi connectivity index (χ0) is 8.48. The van der Waals surface area contributed by atoms with E-state index in [1.165, 1.54) is 30.5 Å². The van der Waals surface area contributed by atoms with Gasteiger partial charge in [-0.05, 0) is 13.3 Å². The molecule has 0 aromatic carbocycles. The second-order valence-corrected chi connectivity index (χ2v) is 4.55. The van der Waals surface area contributed by atoms with Gasteiger partial charge in [0.15, 0.2) is 0 Å². The molecule has 0 aromatic rings. The summed E-state index contributed by atoms with van der Waals surface area (Å²) in [5.41, 5.74) is 0. The van der Waals surface area contributed by atoms with Gasteiger partial charge >= 0.3 is 0 Å². The minimum Gasteiger partial charge on any atom is -0.312 e. The van der Waals surface area contributed by atoms with Gasteiger partial charge in [-0.2, -0.15) is 0 Å². The summed E-state index contributed by atoms with van der Waals surface area (Å²) < 4.78 is 1.41. The van der Waals surface area contributed by atoms with Crippen molar-refractivity contribution >= 4 is 0 Å². The maximum Gasteiger partial charge on any atom is 0.136 e. The van der Waals surface area contributed by atoms with Crippen molar-refractivity contribution < 1.29 is 4.48 Å². The monoisotopic (exact) mass is 156 g/mol. The molecule has 0 bridgehead atoms. The van der Waals surface area contributed by atoms with Gasteiger partial charge in [0.2, 0.25) is 0 Å². The molecule has 1 aliphatic heterocycles. The first kappa shape index (κ1) is 9.05. The topological polar surface area (TPSA) is 0 Å². The average molecular weight is 156 g/mol. The van der Waals surface area contributed by atoms with Crippen molar-refractivity contribution in [3.8, 4) is 0 Å².